The van der Waals surface area contributed by atoms with E-state index in [1.807, 2.05) is 13.8 Å². The smallest absolute Gasteiger partial charge is 0.268 e. The fourth-order valence-corrected chi connectivity index (χ4v) is 2.80. The van der Waals surface area contributed by atoms with Crippen molar-refractivity contribution in [3.05, 3.63) is 72.5 Å². The second-order valence-electron chi connectivity index (χ2n) is 5.69. The van der Waals surface area contributed by atoms with Crippen LogP contribution in [0.15, 0.2) is 30.6 Å². The Morgan fingerprint density at radius 1 is 1.04 bits per heavy atom. The van der Waals surface area contributed by atoms with Gasteiger partial charge in [-0.15, -0.1) is 0 Å². The number of fused-ring (bicyclic) bond motifs is 1. The average Bonchev–Trinajstić information content (AvgIpc) is 2.96. The average molecular weight is 375 g/mol. The lowest BCUT2D eigenvalue weighted by Crippen LogP contribution is -2.12. The maximum absolute atomic E-state index is 12.8. The SMILES string of the molecule is Cc1cc2ncn(C(=O)c3cc([N+](=O)[O-])c(Cl)c([N+](=O)[O-])c3)c2cc1C. The summed E-state index contributed by atoms with van der Waals surface area (Å²) < 4.78 is 1.19. The molecule has 26 heavy (non-hydrogen) atoms. The minimum atomic E-state index is -0.869. The van der Waals surface area contributed by atoms with Crippen LogP contribution in [0.1, 0.15) is 21.5 Å². The molecule has 0 radical (unpaired) electrons. The number of aryl methyl sites for hydroxylation is 2. The van der Waals surface area contributed by atoms with Crippen molar-refractivity contribution in [2.24, 2.45) is 0 Å². The molecule has 9 nitrogen and oxygen atoms in total. The van der Waals surface area contributed by atoms with Gasteiger partial charge in [0.25, 0.3) is 17.3 Å². The highest BCUT2D eigenvalue weighted by atomic mass is 35.5. The number of nitro groups is 2. The molecule has 0 aliphatic heterocycles. The summed E-state index contributed by atoms with van der Waals surface area (Å²) in [6, 6.07) is 5.41. The molecule has 1 aromatic heterocycles. The molecule has 3 aromatic rings. The molecule has 132 valence electrons. The van der Waals surface area contributed by atoms with Gasteiger partial charge in [-0.1, -0.05) is 11.6 Å². The van der Waals surface area contributed by atoms with Crippen molar-refractivity contribution in [3.63, 3.8) is 0 Å². The first-order valence-electron chi connectivity index (χ1n) is 7.32. The minimum Gasteiger partial charge on any atom is -0.268 e. The molecule has 2 aromatic carbocycles. The van der Waals surface area contributed by atoms with E-state index in [1.165, 1.54) is 10.9 Å². The first-order valence-corrected chi connectivity index (χ1v) is 7.70. The Kier molecular flexibility index (Phi) is 4.17. The topological polar surface area (TPSA) is 121 Å². The maximum atomic E-state index is 12.8. The standard InChI is InChI=1S/C16H11ClN4O5/c1-8-3-11-12(4-9(8)2)19(7-18-11)16(22)10-5-13(20(23)24)15(17)14(6-10)21(25)26/h3-7H,1-2H3. The molecule has 0 saturated heterocycles. The molecule has 0 atom stereocenters. The summed E-state index contributed by atoms with van der Waals surface area (Å²) in [5.74, 6) is -0.682. The van der Waals surface area contributed by atoms with E-state index < -0.39 is 32.2 Å². The number of rotatable bonds is 3. The second-order valence-corrected chi connectivity index (χ2v) is 6.07. The molecular weight excluding hydrogens is 364 g/mol. The Hall–Kier alpha value is -3.33. The lowest BCUT2D eigenvalue weighted by atomic mass is 10.1. The number of imidazole rings is 1. The highest BCUT2D eigenvalue weighted by Gasteiger charge is 2.28. The maximum Gasteiger partial charge on any atom is 0.295 e. The van der Waals surface area contributed by atoms with Crippen LogP contribution in [0.5, 0.6) is 0 Å². The number of hydrogen-bond acceptors (Lipinski definition) is 6. The van der Waals surface area contributed by atoms with Crippen molar-refractivity contribution < 1.29 is 14.6 Å². The Morgan fingerprint density at radius 3 is 2.12 bits per heavy atom. The number of nitrogens with zero attached hydrogens (tertiary/aromatic N) is 4. The third-order valence-electron chi connectivity index (χ3n) is 4.06. The summed E-state index contributed by atoms with van der Waals surface area (Å²) >= 11 is 5.72. The van der Waals surface area contributed by atoms with E-state index in [0.29, 0.717) is 11.0 Å². The van der Waals surface area contributed by atoms with Gasteiger partial charge in [0, 0.05) is 12.1 Å². The fourth-order valence-electron chi connectivity index (χ4n) is 2.55. The van der Waals surface area contributed by atoms with Gasteiger partial charge in [-0.2, -0.15) is 0 Å². The monoisotopic (exact) mass is 374 g/mol. The first kappa shape index (κ1) is 17.5. The summed E-state index contributed by atoms with van der Waals surface area (Å²) in [6.45, 7) is 3.77. The summed E-state index contributed by atoms with van der Waals surface area (Å²) in [7, 11) is 0. The van der Waals surface area contributed by atoms with Crippen molar-refractivity contribution in [2.45, 2.75) is 13.8 Å². The van der Waals surface area contributed by atoms with Gasteiger partial charge >= 0.3 is 0 Å². The van der Waals surface area contributed by atoms with Gasteiger partial charge in [0.05, 0.1) is 26.4 Å². The summed E-state index contributed by atoms with van der Waals surface area (Å²) in [4.78, 5) is 37.5. The minimum absolute atomic E-state index is 0.231. The molecule has 0 fully saturated rings. The third-order valence-corrected chi connectivity index (χ3v) is 4.44. The van der Waals surface area contributed by atoms with Crippen LogP contribution in [0.2, 0.25) is 5.02 Å². The normalized spacial score (nSPS) is 10.9. The van der Waals surface area contributed by atoms with Crippen LogP contribution >= 0.6 is 11.6 Å². The zero-order valence-corrected chi connectivity index (χ0v) is 14.4. The first-order chi connectivity index (χ1) is 12.2. The van der Waals surface area contributed by atoms with Gasteiger partial charge < -0.3 is 0 Å². The zero-order valence-electron chi connectivity index (χ0n) is 13.6. The van der Waals surface area contributed by atoms with Gasteiger partial charge in [0.15, 0.2) is 5.02 Å². The van der Waals surface area contributed by atoms with Gasteiger partial charge in [-0.25, -0.2) is 4.98 Å². The highest BCUT2D eigenvalue weighted by molar-refractivity contribution is 6.35. The largest absolute Gasteiger partial charge is 0.295 e. The van der Waals surface area contributed by atoms with Crippen molar-refractivity contribution in [3.8, 4) is 0 Å². The predicted molar refractivity (Wildman–Crippen MR) is 93.7 cm³/mol. The van der Waals surface area contributed by atoms with E-state index >= 15 is 0 Å². The lowest BCUT2D eigenvalue weighted by molar-refractivity contribution is -0.393. The number of aromatic nitrogens is 2. The quantitative estimate of drug-likeness (QED) is 0.507. The van der Waals surface area contributed by atoms with E-state index in [0.717, 1.165) is 23.3 Å². The van der Waals surface area contributed by atoms with E-state index in [9.17, 15) is 25.0 Å². The number of carbonyl (C=O) groups excluding carboxylic acids is 1. The lowest BCUT2D eigenvalue weighted by Gasteiger charge is -2.06. The van der Waals surface area contributed by atoms with Crippen LogP contribution < -0.4 is 0 Å². The number of nitro benzene ring substituents is 2. The molecule has 0 unspecified atom stereocenters. The van der Waals surface area contributed by atoms with Gasteiger partial charge in [0.1, 0.15) is 6.33 Å². The predicted octanol–water partition coefficient (Wildman–Crippen LogP) is 3.81. The van der Waals surface area contributed by atoms with Crippen LogP contribution in [-0.2, 0) is 0 Å². The molecule has 10 heteroatoms. The van der Waals surface area contributed by atoms with Crippen LogP contribution in [0.4, 0.5) is 11.4 Å². The van der Waals surface area contributed by atoms with Crippen LogP contribution in [0.25, 0.3) is 11.0 Å². The Bertz CT molecular complexity index is 1070. The van der Waals surface area contributed by atoms with Gasteiger partial charge in [-0.3, -0.25) is 29.6 Å². The number of benzene rings is 2. The van der Waals surface area contributed by atoms with E-state index in [2.05, 4.69) is 4.98 Å². The number of halogens is 1. The van der Waals surface area contributed by atoms with Crippen molar-refractivity contribution in [2.75, 3.05) is 0 Å². The highest BCUT2D eigenvalue weighted by Crippen LogP contribution is 2.35. The Morgan fingerprint density at radius 2 is 1.58 bits per heavy atom. The molecule has 0 bridgehead atoms. The number of hydrogen-bond donors (Lipinski definition) is 0. The molecule has 3 rings (SSSR count). The Balaban J connectivity index is 2.21. The molecule has 0 saturated carbocycles. The second kappa shape index (κ2) is 6.19. The van der Waals surface area contributed by atoms with Crippen LogP contribution in [-0.4, -0.2) is 25.3 Å². The Labute approximate surface area is 151 Å². The van der Waals surface area contributed by atoms with E-state index in [-0.39, 0.29) is 5.56 Å². The number of carbonyl (C=O) groups is 1. The van der Waals surface area contributed by atoms with Crippen molar-refractivity contribution in [1.82, 2.24) is 9.55 Å². The van der Waals surface area contributed by atoms with Crippen LogP contribution in [0.3, 0.4) is 0 Å². The van der Waals surface area contributed by atoms with Gasteiger partial charge in [-0.05, 0) is 37.1 Å². The molecule has 0 N–H and O–H groups in total. The van der Waals surface area contributed by atoms with Crippen LogP contribution in [0, 0.1) is 34.1 Å². The van der Waals surface area contributed by atoms with Crippen molar-refractivity contribution >= 4 is 39.9 Å². The molecule has 0 aliphatic rings. The van der Waals surface area contributed by atoms with Crippen molar-refractivity contribution in [1.29, 1.82) is 0 Å². The fraction of sp³-hybridized carbons (Fsp3) is 0.125. The molecule has 0 amide bonds. The summed E-state index contributed by atoms with van der Waals surface area (Å²) in [5.41, 5.74) is 1.34. The molecule has 1 heterocycles. The van der Waals surface area contributed by atoms with E-state index in [4.69, 9.17) is 11.6 Å². The third kappa shape index (κ3) is 2.78. The van der Waals surface area contributed by atoms with E-state index in [1.54, 1.807) is 12.1 Å². The molecule has 0 spiro atoms. The summed E-state index contributed by atoms with van der Waals surface area (Å²) in [5, 5.41) is 21.6. The molecular formula is C16H11ClN4O5. The zero-order chi connectivity index (χ0) is 19.2. The molecule has 0 aliphatic carbocycles. The van der Waals surface area contributed by atoms with Gasteiger partial charge in [0.2, 0.25) is 0 Å². The summed E-state index contributed by atoms with van der Waals surface area (Å²) in [6.07, 6.45) is 1.28.